The minimum atomic E-state index is -0.747. The van der Waals surface area contributed by atoms with E-state index in [2.05, 4.69) is 10.7 Å². The number of carbonyl (C=O) groups is 3. The van der Waals surface area contributed by atoms with Gasteiger partial charge in [-0.25, -0.2) is 5.01 Å². The summed E-state index contributed by atoms with van der Waals surface area (Å²) >= 11 is 6.30. The molecular formula is C18H23ClN4O3. The van der Waals surface area contributed by atoms with E-state index < -0.39 is 11.9 Å². The van der Waals surface area contributed by atoms with Crippen LogP contribution in [0.4, 0.5) is 5.69 Å². The number of halogens is 1. The molecule has 7 nitrogen and oxygen atoms in total. The summed E-state index contributed by atoms with van der Waals surface area (Å²) in [6, 6.07) is 2.59. The average molecular weight is 379 g/mol. The number of nitrogens with one attached hydrogen (secondary N) is 2. The van der Waals surface area contributed by atoms with Crippen LogP contribution in [0.1, 0.15) is 54.9 Å². The van der Waals surface area contributed by atoms with E-state index in [0.717, 1.165) is 30.7 Å². The third kappa shape index (κ3) is 3.83. The Bertz CT molecular complexity index is 744. The van der Waals surface area contributed by atoms with Gasteiger partial charge >= 0.3 is 0 Å². The third-order valence-corrected chi connectivity index (χ3v) is 5.13. The molecule has 0 aromatic heterocycles. The van der Waals surface area contributed by atoms with Crippen molar-refractivity contribution in [3.8, 4) is 0 Å². The highest BCUT2D eigenvalue weighted by Gasteiger charge is 2.31. The van der Waals surface area contributed by atoms with Crippen LogP contribution in [0.25, 0.3) is 0 Å². The lowest BCUT2D eigenvalue weighted by atomic mass is 9.95. The van der Waals surface area contributed by atoms with Crippen LogP contribution in [0.3, 0.4) is 0 Å². The van der Waals surface area contributed by atoms with Crippen molar-refractivity contribution in [2.75, 3.05) is 5.01 Å². The van der Waals surface area contributed by atoms with E-state index in [1.54, 1.807) is 12.1 Å². The van der Waals surface area contributed by atoms with Gasteiger partial charge in [-0.1, -0.05) is 30.9 Å². The largest absolute Gasteiger partial charge is 0.349 e. The van der Waals surface area contributed by atoms with Crippen LogP contribution in [0.5, 0.6) is 0 Å². The van der Waals surface area contributed by atoms with Gasteiger partial charge in [-0.15, -0.1) is 0 Å². The summed E-state index contributed by atoms with van der Waals surface area (Å²) < 4.78 is 0. The lowest BCUT2D eigenvalue weighted by Crippen LogP contribution is -2.50. The Morgan fingerprint density at radius 2 is 1.96 bits per heavy atom. The SMILES string of the molecule is CC(N)C(=O)NN1C(=O)Cc2cc(C(=O)NC3CCCCC3)c(Cl)cc21. The van der Waals surface area contributed by atoms with Crippen LogP contribution in [-0.2, 0) is 16.0 Å². The van der Waals surface area contributed by atoms with Crippen LogP contribution in [-0.4, -0.2) is 29.8 Å². The predicted molar refractivity (Wildman–Crippen MR) is 98.8 cm³/mol. The van der Waals surface area contributed by atoms with Crippen molar-refractivity contribution in [3.05, 3.63) is 28.3 Å². The molecule has 3 rings (SSSR count). The molecule has 8 heteroatoms. The number of hydrazine groups is 1. The normalized spacial score (nSPS) is 18.4. The fraction of sp³-hybridized carbons (Fsp3) is 0.500. The van der Waals surface area contributed by atoms with Gasteiger partial charge in [0.05, 0.1) is 28.7 Å². The minimum absolute atomic E-state index is 0.0927. The number of rotatable bonds is 4. The number of fused-ring (bicyclic) bond motifs is 1. The first-order valence-electron chi connectivity index (χ1n) is 8.89. The summed E-state index contributed by atoms with van der Waals surface area (Å²) in [4.78, 5) is 36.6. The van der Waals surface area contributed by atoms with Gasteiger partial charge in [0.1, 0.15) is 0 Å². The van der Waals surface area contributed by atoms with E-state index in [1.807, 2.05) is 0 Å². The number of benzene rings is 1. The molecule has 1 atom stereocenters. The fourth-order valence-electron chi connectivity index (χ4n) is 3.35. The Kier molecular flexibility index (Phi) is 5.48. The highest BCUT2D eigenvalue weighted by atomic mass is 35.5. The van der Waals surface area contributed by atoms with E-state index >= 15 is 0 Å². The maximum Gasteiger partial charge on any atom is 0.255 e. The van der Waals surface area contributed by atoms with Crippen LogP contribution >= 0.6 is 11.6 Å². The Hall–Kier alpha value is -2.12. The van der Waals surface area contributed by atoms with Crippen LogP contribution in [0.15, 0.2) is 12.1 Å². The van der Waals surface area contributed by atoms with E-state index in [4.69, 9.17) is 17.3 Å². The third-order valence-electron chi connectivity index (χ3n) is 4.82. The lowest BCUT2D eigenvalue weighted by molar-refractivity contribution is -0.126. The monoisotopic (exact) mass is 378 g/mol. The second-order valence-corrected chi connectivity index (χ2v) is 7.35. The van der Waals surface area contributed by atoms with Gasteiger partial charge in [0.15, 0.2) is 0 Å². The molecule has 1 saturated carbocycles. The molecule has 26 heavy (non-hydrogen) atoms. The number of nitrogens with zero attached hydrogens (tertiary/aromatic N) is 1. The number of nitrogens with two attached hydrogens (primary N) is 1. The van der Waals surface area contributed by atoms with E-state index in [-0.39, 0.29) is 29.3 Å². The number of anilines is 1. The summed E-state index contributed by atoms with van der Waals surface area (Å²) in [6.07, 6.45) is 5.48. The van der Waals surface area contributed by atoms with E-state index in [1.165, 1.54) is 13.3 Å². The topological polar surface area (TPSA) is 105 Å². The van der Waals surface area contributed by atoms with Crippen LogP contribution in [0.2, 0.25) is 5.02 Å². The molecule has 140 valence electrons. The smallest absolute Gasteiger partial charge is 0.255 e. The first kappa shape index (κ1) is 18.7. The molecule has 0 spiro atoms. The molecule has 1 aliphatic carbocycles. The molecule has 1 aliphatic heterocycles. The Balaban J connectivity index is 1.79. The number of hydrogen-bond donors (Lipinski definition) is 3. The number of carbonyl (C=O) groups excluding carboxylic acids is 3. The zero-order chi connectivity index (χ0) is 18.8. The summed E-state index contributed by atoms with van der Waals surface area (Å²) in [7, 11) is 0. The molecule has 0 saturated heterocycles. The van der Waals surface area contributed by atoms with E-state index in [9.17, 15) is 14.4 Å². The summed E-state index contributed by atoms with van der Waals surface area (Å²) in [5.74, 6) is -0.994. The zero-order valence-corrected chi connectivity index (χ0v) is 15.4. The van der Waals surface area contributed by atoms with Crippen molar-refractivity contribution >= 4 is 35.0 Å². The maximum atomic E-state index is 12.6. The molecule has 0 bridgehead atoms. The fourth-order valence-corrected chi connectivity index (χ4v) is 3.60. The minimum Gasteiger partial charge on any atom is -0.349 e. The first-order chi connectivity index (χ1) is 12.4. The first-order valence-corrected chi connectivity index (χ1v) is 9.27. The van der Waals surface area contributed by atoms with Crippen LogP contribution in [0, 0.1) is 0 Å². The molecule has 1 aromatic carbocycles. The van der Waals surface area contributed by atoms with Crippen molar-refractivity contribution in [2.24, 2.45) is 5.73 Å². The summed E-state index contributed by atoms with van der Waals surface area (Å²) in [5.41, 5.74) is 9.50. The molecule has 1 unspecified atom stereocenters. The molecule has 1 aromatic rings. The number of amides is 3. The summed E-state index contributed by atoms with van der Waals surface area (Å²) in [6.45, 7) is 1.53. The van der Waals surface area contributed by atoms with Crippen molar-refractivity contribution in [2.45, 2.75) is 57.5 Å². The predicted octanol–water partition coefficient (Wildman–Crippen LogP) is 1.67. The zero-order valence-electron chi connectivity index (χ0n) is 14.7. The lowest BCUT2D eigenvalue weighted by Gasteiger charge is -2.23. The molecule has 1 fully saturated rings. The molecule has 2 aliphatic rings. The Morgan fingerprint density at radius 3 is 2.62 bits per heavy atom. The highest BCUT2D eigenvalue weighted by Crippen LogP contribution is 2.33. The van der Waals surface area contributed by atoms with Crippen molar-refractivity contribution in [1.82, 2.24) is 10.7 Å². The van der Waals surface area contributed by atoms with Crippen molar-refractivity contribution in [1.29, 1.82) is 0 Å². The molecular weight excluding hydrogens is 356 g/mol. The Labute approximate surface area is 157 Å². The van der Waals surface area contributed by atoms with Gasteiger partial charge in [0.2, 0.25) is 5.91 Å². The van der Waals surface area contributed by atoms with Gasteiger partial charge < -0.3 is 11.1 Å². The van der Waals surface area contributed by atoms with E-state index in [0.29, 0.717) is 16.8 Å². The van der Waals surface area contributed by atoms with Gasteiger partial charge in [0.25, 0.3) is 11.8 Å². The van der Waals surface area contributed by atoms with Crippen LogP contribution < -0.4 is 21.5 Å². The van der Waals surface area contributed by atoms with Gasteiger partial charge in [-0.3, -0.25) is 19.8 Å². The average Bonchev–Trinajstić information content (AvgIpc) is 2.90. The Morgan fingerprint density at radius 1 is 1.27 bits per heavy atom. The maximum absolute atomic E-state index is 12.6. The van der Waals surface area contributed by atoms with Gasteiger partial charge in [-0.05, 0) is 37.5 Å². The van der Waals surface area contributed by atoms with Gasteiger partial charge in [-0.2, -0.15) is 0 Å². The van der Waals surface area contributed by atoms with Gasteiger partial charge in [0, 0.05) is 6.04 Å². The second-order valence-electron chi connectivity index (χ2n) is 6.94. The highest BCUT2D eigenvalue weighted by molar-refractivity contribution is 6.34. The molecule has 0 radical (unpaired) electrons. The number of hydrogen-bond acceptors (Lipinski definition) is 4. The second kappa shape index (κ2) is 7.63. The van der Waals surface area contributed by atoms with Crippen molar-refractivity contribution < 1.29 is 14.4 Å². The molecule has 3 amide bonds. The summed E-state index contributed by atoms with van der Waals surface area (Å²) in [5, 5.41) is 4.42. The molecule has 1 heterocycles. The standard InChI is InChI=1S/C18H23ClN4O3/c1-10(20)17(25)22-23-15-9-14(19)13(7-11(15)8-16(23)24)18(26)21-12-5-3-2-4-6-12/h7,9-10,12H,2-6,8,20H2,1H3,(H,21,26)(H,22,25). The van der Waals surface area contributed by atoms with Crippen molar-refractivity contribution in [3.63, 3.8) is 0 Å². The quantitative estimate of drug-likeness (QED) is 0.741. The molecule has 4 N–H and O–H groups in total.